The molecule has 5 heteroatoms. The minimum atomic E-state index is 0.405. The fourth-order valence-electron chi connectivity index (χ4n) is 5.31. The van der Waals surface area contributed by atoms with E-state index >= 15 is 0 Å². The number of benzene rings is 1. The Morgan fingerprint density at radius 1 is 1.00 bits per heavy atom. The topological polar surface area (TPSA) is 37.2 Å². The quantitative estimate of drug-likeness (QED) is 0.632. The molecule has 0 saturated carbocycles. The molecule has 1 atom stereocenters. The molecule has 158 valence electrons. The van der Waals surface area contributed by atoms with Gasteiger partial charge >= 0.3 is 0 Å². The summed E-state index contributed by atoms with van der Waals surface area (Å²) in [7, 11) is 2.24. The summed E-state index contributed by atoms with van der Waals surface area (Å²) in [6.07, 6.45) is 6.92. The molecule has 2 saturated heterocycles. The third-order valence-electron chi connectivity index (χ3n) is 7.09. The zero-order chi connectivity index (χ0) is 20.5. The van der Waals surface area contributed by atoms with Crippen molar-refractivity contribution >= 4 is 11.0 Å². The molecule has 0 radical (unpaired) electrons. The molecule has 5 rings (SSSR count). The van der Waals surface area contributed by atoms with Gasteiger partial charge in [-0.1, -0.05) is 18.2 Å². The van der Waals surface area contributed by atoms with Crippen LogP contribution in [0.25, 0.3) is 11.0 Å². The van der Waals surface area contributed by atoms with Crippen LogP contribution in [0.5, 0.6) is 0 Å². The lowest BCUT2D eigenvalue weighted by molar-refractivity contribution is 0.199. The van der Waals surface area contributed by atoms with Crippen molar-refractivity contribution in [3.63, 3.8) is 0 Å². The molecule has 4 heterocycles. The van der Waals surface area contributed by atoms with E-state index in [1.807, 2.05) is 12.3 Å². The van der Waals surface area contributed by atoms with E-state index in [0.717, 1.165) is 31.1 Å². The Labute approximate surface area is 179 Å². The lowest BCUT2D eigenvalue weighted by atomic mass is 9.97. The van der Waals surface area contributed by atoms with Gasteiger partial charge in [-0.25, -0.2) is 4.98 Å². The molecule has 0 amide bonds. The van der Waals surface area contributed by atoms with Crippen molar-refractivity contribution in [3.05, 3.63) is 59.7 Å². The number of aromatic nitrogens is 3. The molecule has 0 spiro atoms. The summed E-state index contributed by atoms with van der Waals surface area (Å²) in [5, 5.41) is 0. The molecular formula is C25H33N5. The largest absolute Gasteiger partial charge is 0.327 e. The number of aryl methyl sites for hydroxylation is 1. The summed E-state index contributed by atoms with van der Waals surface area (Å²) in [5.74, 6) is 1.96. The van der Waals surface area contributed by atoms with E-state index in [0.29, 0.717) is 6.04 Å². The van der Waals surface area contributed by atoms with E-state index in [4.69, 9.17) is 9.97 Å². The Kier molecular flexibility index (Phi) is 5.57. The molecule has 5 nitrogen and oxygen atoms in total. The fourth-order valence-corrected chi connectivity index (χ4v) is 5.31. The number of rotatable bonds is 5. The van der Waals surface area contributed by atoms with Gasteiger partial charge in [0.1, 0.15) is 5.82 Å². The van der Waals surface area contributed by atoms with E-state index in [1.165, 1.54) is 61.4 Å². The summed E-state index contributed by atoms with van der Waals surface area (Å²) in [4.78, 5) is 14.9. The first kappa shape index (κ1) is 19.7. The Morgan fingerprint density at radius 3 is 2.67 bits per heavy atom. The summed E-state index contributed by atoms with van der Waals surface area (Å²) in [6.45, 7) is 7.72. The summed E-state index contributed by atoms with van der Waals surface area (Å²) < 4.78 is 2.52. The number of pyridine rings is 1. The van der Waals surface area contributed by atoms with Crippen molar-refractivity contribution in [1.82, 2.24) is 24.3 Å². The number of hydrogen-bond donors (Lipinski definition) is 0. The van der Waals surface area contributed by atoms with Gasteiger partial charge in [0.25, 0.3) is 0 Å². The number of hydrogen-bond acceptors (Lipinski definition) is 4. The van der Waals surface area contributed by atoms with Crippen LogP contribution in [0.3, 0.4) is 0 Å². The summed E-state index contributed by atoms with van der Waals surface area (Å²) in [5.41, 5.74) is 4.96. The van der Waals surface area contributed by atoms with Gasteiger partial charge in [-0.15, -0.1) is 0 Å². The maximum Gasteiger partial charge on any atom is 0.124 e. The molecule has 0 N–H and O–H groups in total. The Balaban J connectivity index is 1.43. The predicted molar refractivity (Wildman–Crippen MR) is 121 cm³/mol. The molecule has 1 unspecified atom stereocenters. The SMILES string of the molecule is Cc1cccnc1C1CCCN1Cc1nc2ccccc2n1CC1CCN(C)CC1. The normalized spacial score (nSPS) is 21.6. The number of imidazole rings is 1. The van der Waals surface area contributed by atoms with E-state index in [9.17, 15) is 0 Å². The van der Waals surface area contributed by atoms with Gasteiger partial charge in [0.05, 0.1) is 29.3 Å². The maximum absolute atomic E-state index is 5.10. The third kappa shape index (κ3) is 3.88. The van der Waals surface area contributed by atoms with Gasteiger partial charge in [0.15, 0.2) is 0 Å². The van der Waals surface area contributed by atoms with Crippen LogP contribution in [0.4, 0.5) is 0 Å². The van der Waals surface area contributed by atoms with Gasteiger partial charge in [-0.05, 0) is 89.0 Å². The average molecular weight is 404 g/mol. The highest BCUT2D eigenvalue weighted by molar-refractivity contribution is 5.75. The van der Waals surface area contributed by atoms with Crippen LogP contribution < -0.4 is 0 Å². The van der Waals surface area contributed by atoms with Crippen molar-refractivity contribution in [2.75, 3.05) is 26.7 Å². The number of nitrogens with zero attached hydrogens (tertiary/aromatic N) is 5. The smallest absolute Gasteiger partial charge is 0.124 e. The van der Waals surface area contributed by atoms with E-state index < -0.39 is 0 Å². The van der Waals surface area contributed by atoms with Gasteiger partial charge in [0, 0.05) is 12.7 Å². The lowest BCUT2D eigenvalue weighted by Crippen LogP contribution is -2.32. The Hall–Kier alpha value is -2.24. The second kappa shape index (κ2) is 8.48. The standard InChI is InChI=1S/C25H33N5/c1-19-7-5-13-26-25(19)23-10-6-14-29(23)18-24-27-21-8-3-4-9-22(21)30(24)17-20-11-15-28(2)16-12-20/h3-5,7-9,13,20,23H,6,10-12,14-18H2,1-2H3. The number of para-hydroxylation sites is 2. The first-order valence-electron chi connectivity index (χ1n) is 11.5. The van der Waals surface area contributed by atoms with Crippen LogP contribution in [-0.4, -0.2) is 51.0 Å². The van der Waals surface area contributed by atoms with Crippen molar-refractivity contribution in [3.8, 4) is 0 Å². The van der Waals surface area contributed by atoms with Crippen molar-refractivity contribution in [2.45, 2.75) is 51.7 Å². The van der Waals surface area contributed by atoms with Crippen LogP contribution in [0.15, 0.2) is 42.6 Å². The van der Waals surface area contributed by atoms with E-state index in [2.05, 4.69) is 58.7 Å². The molecule has 3 aromatic rings. The van der Waals surface area contributed by atoms with Crippen molar-refractivity contribution in [2.24, 2.45) is 5.92 Å². The van der Waals surface area contributed by atoms with Crippen LogP contribution >= 0.6 is 0 Å². The van der Waals surface area contributed by atoms with E-state index in [-0.39, 0.29) is 0 Å². The van der Waals surface area contributed by atoms with Gasteiger partial charge < -0.3 is 9.47 Å². The molecule has 30 heavy (non-hydrogen) atoms. The fraction of sp³-hybridized carbons (Fsp3) is 0.520. The van der Waals surface area contributed by atoms with Crippen molar-refractivity contribution < 1.29 is 0 Å². The third-order valence-corrected chi connectivity index (χ3v) is 7.09. The van der Waals surface area contributed by atoms with Crippen LogP contribution in [0, 0.1) is 12.8 Å². The summed E-state index contributed by atoms with van der Waals surface area (Å²) in [6, 6.07) is 13.3. The molecule has 0 bridgehead atoms. The van der Waals surface area contributed by atoms with Crippen LogP contribution in [-0.2, 0) is 13.1 Å². The monoisotopic (exact) mass is 403 g/mol. The molecule has 2 aromatic heterocycles. The molecule has 2 fully saturated rings. The summed E-state index contributed by atoms with van der Waals surface area (Å²) >= 11 is 0. The molecule has 1 aromatic carbocycles. The molecule has 2 aliphatic heterocycles. The van der Waals surface area contributed by atoms with Crippen molar-refractivity contribution in [1.29, 1.82) is 0 Å². The van der Waals surface area contributed by atoms with Gasteiger partial charge in [0.2, 0.25) is 0 Å². The maximum atomic E-state index is 5.10. The van der Waals surface area contributed by atoms with Crippen LogP contribution in [0.1, 0.15) is 48.8 Å². The second-order valence-electron chi connectivity index (χ2n) is 9.21. The number of fused-ring (bicyclic) bond motifs is 1. The molecule has 2 aliphatic rings. The minimum Gasteiger partial charge on any atom is -0.327 e. The first-order valence-corrected chi connectivity index (χ1v) is 11.5. The van der Waals surface area contributed by atoms with Crippen LogP contribution in [0.2, 0.25) is 0 Å². The molecule has 0 aliphatic carbocycles. The highest BCUT2D eigenvalue weighted by atomic mass is 15.2. The average Bonchev–Trinajstić information content (AvgIpc) is 3.35. The zero-order valence-corrected chi connectivity index (χ0v) is 18.3. The number of likely N-dealkylation sites (tertiary alicyclic amines) is 2. The number of piperidine rings is 1. The predicted octanol–water partition coefficient (Wildman–Crippen LogP) is 4.42. The van der Waals surface area contributed by atoms with Gasteiger partial charge in [-0.2, -0.15) is 0 Å². The highest BCUT2D eigenvalue weighted by Crippen LogP contribution is 2.34. The minimum absolute atomic E-state index is 0.405. The molecular weight excluding hydrogens is 370 g/mol. The van der Waals surface area contributed by atoms with E-state index in [1.54, 1.807) is 0 Å². The Morgan fingerprint density at radius 2 is 1.83 bits per heavy atom. The highest BCUT2D eigenvalue weighted by Gasteiger charge is 2.30. The second-order valence-corrected chi connectivity index (χ2v) is 9.21. The zero-order valence-electron chi connectivity index (χ0n) is 18.3. The first-order chi connectivity index (χ1) is 14.7. The van der Waals surface area contributed by atoms with Gasteiger partial charge in [-0.3, -0.25) is 9.88 Å². The Bertz CT molecular complexity index is 1000. The lowest BCUT2D eigenvalue weighted by Gasteiger charge is -2.30.